The van der Waals surface area contributed by atoms with E-state index in [1.54, 1.807) is 36.4 Å². The van der Waals surface area contributed by atoms with E-state index in [-0.39, 0.29) is 13.2 Å². The zero-order valence-corrected chi connectivity index (χ0v) is 11.3. The molecule has 0 fully saturated rings. The van der Waals surface area contributed by atoms with Gasteiger partial charge in [0, 0.05) is 11.1 Å². The summed E-state index contributed by atoms with van der Waals surface area (Å²) in [5.74, 6) is 5.22. The summed E-state index contributed by atoms with van der Waals surface area (Å²) in [6.07, 6.45) is 0. The Kier molecular flexibility index (Phi) is 5.00. The fourth-order valence-corrected chi connectivity index (χ4v) is 1.79. The van der Waals surface area contributed by atoms with Crippen LogP contribution in [0, 0.1) is 17.7 Å². The average Bonchev–Trinajstić information content (AvgIpc) is 2.45. The summed E-state index contributed by atoms with van der Waals surface area (Å²) >= 11 is 5.95. The lowest BCUT2D eigenvalue weighted by atomic mass is 10.1. The molecule has 2 aromatic rings. The number of para-hydroxylation sites is 1. The fourth-order valence-electron chi connectivity index (χ4n) is 1.60. The first kappa shape index (κ1) is 14.4. The van der Waals surface area contributed by atoms with Crippen molar-refractivity contribution in [3.8, 4) is 17.6 Å². The highest BCUT2D eigenvalue weighted by Gasteiger charge is 2.05. The monoisotopic (exact) mass is 290 g/mol. The van der Waals surface area contributed by atoms with Gasteiger partial charge in [-0.3, -0.25) is 0 Å². The van der Waals surface area contributed by atoms with Gasteiger partial charge in [0.2, 0.25) is 0 Å². The van der Waals surface area contributed by atoms with E-state index in [2.05, 4.69) is 11.8 Å². The maximum Gasteiger partial charge on any atom is 0.138 e. The lowest BCUT2D eigenvalue weighted by molar-refractivity contribution is 0.300. The summed E-state index contributed by atoms with van der Waals surface area (Å²) in [7, 11) is 0. The van der Waals surface area contributed by atoms with Crippen LogP contribution in [0.1, 0.15) is 11.1 Å². The van der Waals surface area contributed by atoms with Gasteiger partial charge >= 0.3 is 0 Å². The highest BCUT2D eigenvalue weighted by atomic mass is 35.5. The van der Waals surface area contributed by atoms with Crippen molar-refractivity contribution in [1.82, 2.24) is 0 Å². The Morgan fingerprint density at radius 3 is 2.70 bits per heavy atom. The molecule has 2 nitrogen and oxygen atoms in total. The Hall–Kier alpha value is -2.02. The standard InChI is InChI=1S/C16H12ClFO2/c17-14-5-1-2-6-16(14)20-11-13-8-7-12(4-3-9-19)10-15(13)18/h1-2,5-8,10,19H,9,11H2. The van der Waals surface area contributed by atoms with Gasteiger partial charge in [-0.25, -0.2) is 4.39 Å². The van der Waals surface area contributed by atoms with E-state index >= 15 is 0 Å². The van der Waals surface area contributed by atoms with Crippen LogP contribution in [0.5, 0.6) is 5.75 Å². The molecule has 0 saturated carbocycles. The quantitative estimate of drug-likeness (QED) is 0.878. The van der Waals surface area contributed by atoms with Gasteiger partial charge in [0.05, 0.1) is 5.02 Å². The van der Waals surface area contributed by atoms with Crippen molar-refractivity contribution in [2.24, 2.45) is 0 Å². The van der Waals surface area contributed by atoms with Crippen LogP contribution in [0.3, 0.4) is 0 Å². The molecule has 0 aromatic heterocycles. The Balaban J connectivity index is 2.09. The summed E-state index contributed by atoms with van der Waals surface area (Å²) in [4.78, 5) is 0. The second-order valence-electron chi connectivity index (χ2n) is 3.99. The van der Waals surface area contributed by atoms with Crippen molar-refractivity contribution in [2.45, 2.75) is 6.61 Å². The van der Waals surface area contributed by atoms with Crippen LogP contribution < -0.4 is 4.74 Å². The van der Waals surface area contributed by atoms with Gasteiger partial charge in [-0.2, -0.15) is 0 Å². The lowest BCUT2D eigenvalue weighted by Gasteiger charge is -2.08. The van der Waals surface area contributed by atoms with Gasteiger partial charge in [0.25, 0.3) is 0 Å². The molecule has 0 spiro atoms. The molecule has 0 unspecified atom stereocenters. The molecule has 0 atom stereocenters. The van der Waals surface area contributed by atoms with Crippen LogP contribution in [-0.4, -0.2) is 11.7 Å². The smallest absolute Gasteiger partial charge is 0.138 e. The number of aliphatic hydroxyl groups excluding tert-OH is 1. The fraction of sp³-hybridized carbons (Fsp3) is 0.125. The van der Waals surface area contributed by atoms with Crippen LogP contribution in [0.25, 0.3) is 0 Å². The third-order valence-electron chi connectivity index (χ3n) is 2.58. The predicted molar refractivity (Wildman–Crippen MR) is 76.1 cm³/mol. The molecule has 1 N–H and O–H groups in total. The van der Waals surface area contributed by atoms with Crippen molar-refractivity contribution in [1.29, 1.82) is 0 Å². The van der Waals surface area contributed by atoms with Crippen molar-refractivity contribution in [2.75, 3.05) is 6.61 Å². The lowest BCUT2D eigenvalue weighted by Crippen LogP contribution is -1.99. The number of ether oxygens (including phenoxy) is 1. The van der Waals surface area contributed by atoms with Gasteiger partial charge in [-0.1, -0.05) is 41.6 Å². The van der Waals surface area contributed by atoms with Crippen LogP contribution in [0.4, 0.5) is 4.39 Å². The molecular weight excluding hydrogens is 279 g/mol. The van der Waals surface area contributed by atoms with Crippen LogP contribution in [-0.2, 0) is 6.61 Å². The zero-order chi connectivity index (χ0) is 14.4. The molecule has 0 radical (unpaired) electrons. The topological polar surface area (TPSA) is 29.5 Å². The van der Waals surface area contributed by atoms with Crippen molar-refractivity contribution >= 4 is 11.6 Å². The van der Waals surface area contributed by atoms with Gasteiger partial charge in [0.15, 0.2) is 0 Å². The number of aliphatic hydroxyl groups is 1. The van der Waals surface area contributed by atoms with Gasteiger partial charge in [-0.15, -0.1) is 0 Å². The van der Waals surface area contributed by atoms with Crippen molar-refractivity contribution < 1.29 is 14.2 Å². The minimum absolute atomic E-state index is 0.0866. The summed E-state index contributed by atoms with van der Waals surface area (Å²) in [6, 6.07) is 11.6. The normalized spacial score (nSPS) is 9.75. The molecule has 102 valence electrons. The van der Waals surface area contributed by atoms with Crippen LogP contribution in [0.2, 0.25) is 5.02 Å². The number of rotatable bonds is 3. The summed E-state index contributed by atoms with van der Waals surface area (Å²) in [5, 5.41) is 9.07. The number of hydrogen-bond donors (Lipinski definition) is 1. The maximum absolute atomic E-state index is 13.8. The number of halogens is 2. The summed E-state index contributed by atoms with van der Waals surface area (Å²) in [6.45, 7) is -0.164. The number of hydrogen-bond acceptors (Lipinski definition) is 2. The Labute approximate surface area is 121 Å². The average molecular weight is 291 g/mol. The molecule has 0 bridgehead atoms. The molecule has 2 rings (SSSR count). The highest BCUT2D eigenvalue weighted by molar-refractivity contribution is 6.32. The van der Waals surface area contributed by atoms with Gasteiger partial charge < -0.3 is 9.84 Å². The molecular formula is C16H12ClFO2. The molecule has 0 amide bonds. The maximum atomic E-state index is 13.8. The largest absolute Gasteiger partial charge is 0.487 e. The molecule has 0 saturated heterocycles. The van der Waals surface area contributed by atoms with E-state index in [0.717, 1.165) is 0 Å². The van der Waals surface area contributed by atoms with E-state index < -0.39 is 5.82 Å². The minimum atomic E-state index is -0.401. The SMILES string of the molecule is OCC#Cc1ccc(COc2ccccc2Cl)c(F)c1. The van der Waals surface area contributed by atoms with E-state index in [0.29, 0.717) is 21.9 Å². The molecule has 0 aliphatic carbocycles. The molecule has 0 aliphatic heterocycles. The summed E-state index contributed by atoms with van der Waals surface area (Å²) in [5.41, 5.74) is 0.928. The molecule has 2 aromatic carbocycles. The Morgan fingerprint density at radius 1 is 1.20 bits per heavy atom. The second-order valence-corrected chi connectivity index (χ2v) is 4.39. The van der Waals surface area contributed by atoms with Gasteiger partial charge in [0.1, 0.15) is 24.8 Å². The van der Waals surface area contributed by atoms with E-state index in [1.165, 1.54) is 6.07 Å². The van der Waals surface area contributed by atoms with Crippen molar-refractivity contribution in [3.05, 3.63) is 64.4 Å². The van der Waals surface area contributed by atoms with Crippen molar-refractivity contribution in [3.63, 3.8) is 0 Å². The number of benzene rings is 2. The van der Waals surface area contributed by atoms with E-state index in [1.807, 2.05) is 0 Å². The molecule has 4 heteroatoms. The predicted octanol–water partition coefficient (Wildman–Crippen LogP) is 3.40. The van der Waals surface area contributed by atoms with Crippen LogP contribution in [0.15, 0.2) is 42.5 Å². The highest BCUT2D eigenvalue weighted by Crippen LogP contribution is 2.24. The Bertz CT molecular complexity index is 659. The minimum Gasteiger partial charge on any atom is -0.487 e. The first-order chi connectivity index (χ1) is 9.70. The summed E-state index contributed by atoms with van der Waals surface area (Å²) < 4.78 is 19.3. The van der Waals surface area contributed by atoms with Crippen LogP contribution >= 0.6 is 11.6 Å². The van der Waals surface area contributed by atoms with E-state index in [9.17, 15) is 4.39 Å². The first-order valence-electron chi connectivity index (χ1n) is 5.96. The Morgan fingerprint density at radius 2 is 2.00 bits per heavy atom. The van der Waals surface area contributed by atoms with E-state index in [4.69, 9.17) is 21.4 Å². The van der Waals surface area contributed by atoms with Gasteiger partial charge in [-0.05, 0) is 24.3 Å². The molecule has 20 heavy (non-hydrogen) atoms. The molecule has 0 heterocycles. The third kappa shape index (κ3) is 3.74. The molecule has 0 aliphatic rings. The first-order valence-corrected chi connectivity index (χ1v) is 6.34. The zero-order valence-electron chi connectivity index (χ0n) is 10.6. The second kappa shape index (κ2) is 6.95. The third-order valence-corrected chi connectivity index (χ3v) is 2.90.